The van der Waals surface area contributed by atoms with Crippen molar-refractivity contribution < 1.29 is 9.47 Å². The van der Waals surface area contributed by atoms with E-state index < -0.39 is 0 Å². The fraction of sp³-hybridized carbons (Fsp3) is 0.538. The lowest BCUT2D eigenvalue weighted by molar-refractivity contribution is 0.222. The molecular weight excluding hydrogens is 386 g/mol. The van der Waals surface area contributed by atoms with Crippen LogP contribution in [0.3, 0.4) is 0 Å². The Hall–Kier alpha value is -2.24. The molecule has 1 heterocycles. The maximum atomic E-state index is 6.14. The lowest BCUT2D eigenvalue weighted by Crippen LogP contribution is -2.24. The van der Waals surface area contributed by atoms with Crippen LogP contribution < -0.4 is 9.47 Å². The Balaban J connectivity index is 1.85. The van der Waals surface area contributed by atoms with E-state index in [-0.39, 0.29) is 0 Å². The minimum absolute atomic E-state index is 0.479. The summed E-state index contributed by atoms with van der Waals surface area (Å²) in [5.74, 6) is 2.82. The highest BCUT2D eigenvalue weighted by Gasteiger charge is 2.13. The van der Waals surface area contributed by atoms with Gasteiger partial charge < -0.3 is 23.8 Å². The van der Waals surface area contributed by atoms with E-state index in [1.165, 1.54) is 21.8 Å². The topological polar surface area (TPSA) is 29.9 Å². The molecule has 0 aliphatic heterocycles. The quantitative estimate of drug-likeness (QED) is 0.434. The summed E-state index contributed by atoms with van der Waals surface area (Å²) in [7, 11) is 8.40. The number of rotatable bonds is 11. The maximum Gasteiger partial charge on any atom is 0.120 e. The smallest absolute Gasteiger partial charge is 0.120 e. The van der Waals surface area contributed by atoms with Crippen molar-refractivity contribution in [2.24, 2.45) is 11.8 Å². The van der Waals surface area contributed by atoms with Gasteiger partial charge in [-0.3, -0.25) is 0 Å². The summed E-state index contributed by atoms with van der Waals surface area (Å²) in [6, 6.07) is 12.9. The highest BCUT2D eigenvalue weighted by Crippen LogP contribution is 2.34. The number of hydrogen-bond donors (Lipinski definition) is 0. The second-order valence-electron chi connectivity index (χ2n) is 9.46. The average molecular weight is 426 g/mol. The largest absolute Gasteiger partial charge is 0.493 e. The van der Waals surface area contributed by atoms with E-state index in [4.69, 9.17) is 9.47 Å². The standard InChI is InChI=1S/C26H39N3O2/c1-8-29-25-11-9-21(30-17-19(2)15-27(4)5)13-23(25)24-14-22(10-12-26(24)29)31-18-20(3)16-28(6)7/h9-14,19-20H,8,15-18H2,1-7H3. The first-order valence-electron chi connectivity index (χ1n) is 11.4. The molecule has 2 aromatic carbocycles. The molecule has 0 aliphatic rings. The van der Waals surface area contributed by atoms with Gasteiger partial charge in [0.2, 0.25) is 0 Å². The van der Waals surface area contributed by atoms with Gasteiger partial charge in [0.1, 0.15) is 11.5 Å². The molecule has 1 aromatic heterocycles. The van der Waals surface area contributed by atoms with Gasteiger partial charge in [-0.15, -0.1) is 0 Å². The predicted molar refractivity (Wildman–Crippen MR) is 132 cm³/mol. The Morgan fingerprint density at radius 1 is 0.742 bits per heavy atom. The summed E-state index contributed by atoms with van der Waals surface area (Å²) < 4.78 is 14.6. The van der Waals surface area contributed by atoms with E-state index in [1.54, 1.807) is 0 Å². The number of benzene rings is 2. The van der Waals surface area contributed by atoms with Crippen molar-refractivity contribution in [1.82, 2.24) is 14.4 Å². The third kappa shape index (κ3) is 5.92. The number of hydrogen-bond acceptors (Lipinski definition) is 4. The molecule has 3 rings (SSSR count). The predicted octanol–water partition coefficient (Wildman–Crippen LogP) is 4.97. The third-order valence-electron chi connectivity index (χ3n) is 5.55. The number of aryl methyl sites for hydroxylation is 1. The van der Waals surface area contributed by atoms with E-state index in [2.05, 4.69) is 99.7 Å². The molecule has 2 atom stereocenters. The number of nitrogens with zero attached hydrogens (tertiary/aromatic N) is 3. The van der Waals surface area contributed by atoms with Crippen LogP contribution in [-0.4, -0.2) is 68.9 Å². The van der Waals surface area contributed by atoms with Crippen molar-refractivity contribution in [3.8, 4) is 11.5 Å². The lowest BCUT2D eigenvalue weighted by atomic mass is 10.1. The molecule has 0 amide bonds. The molecule has 0 aliphatic carbocycles. The first-order valence-corrected chi connectivity index (χ1v) is 11.4. The molecule has 0 saturated carbocycles. The van der Waals surface area contributed by atoms with Crippen LogP contribution in [0.15, 0.2) is 36.4 Å². The van der Waals surface area contributed by atoms with E-state index in [0.29, 0.717) is 25.0 Å². The molecule has 0 spiro atoms. The summed E-state index contributed by atoms with van der Waals surface area (Å²) >= 11 is 0. The van der Waals surface area contributed by atoms with Crippen LogP contribution in [0.5, 0.6) is 11.5 Å². The third-order valence-corrected chi connectivity index (χ3v) is 5.55. The monoisotopic (exact) mass is 425 g/mol. The molecular formula is C26H39N3O2. The van der Waals surface area contributed by atoms with Crippen molar-refractivity contribution >= 4 is 21.8 Å². The molecule has 5 heteroatoms. The zero-order valence-corrected chi connectivity index (χ0v) is 20.3. The molecule has 0 fully saturated rings. The Morgan fingerprint density at radius 3 is 1.52 bits per heavy atom. The zero-order valence-electron chi connectivity index (χ0n) is 20.3. The van der Waals surface area contributed by atoms with Gasteiger partial charge in [-0.2, -0.15) is 0 Å². The fourth-order valence-electron chi connectivity index (χ4n) is 4.41. The van der Waals surface area contributed by atoms with Crippen molar-refractivity contribution in [2.45, 2.75) is 27.3 Å². The molecule has 0 N–H and O–H groups in total. The van der Waals surface area contributed by atoms with Crippen LogP contribution >= 0.6 is 0 Å². The first kappa shape index (κ1) is 23.4. The van der Waals surface area contributed by atoms with Crippen molar-refractivity contribution in [2.75, 3.05) is 54.5 Å². The average Bonchev–Trinajstić information content (AvgIpc) is 3.02. The number of aromatic nitrogens is 1. The second kappa shape index (κ2) is 10.4. The normalized spacial score (nSPS) is 14.0. The van der Waals surface area contributed by atoms with Gasteiger partial charge in [0.25, 0.3) is 0 Å². The van der Waals surface area contributed by atoms with E-state index in [1.807, 2.05) is 0 Å². The van der Waals surface area contributed by atoms with Gasteiger partial charge in [-0.25, -0.2) is 0 Å². The SMILES string of the molecule is CCn1c2ccc(OCC(C)CN(C)C)cc2c2cc(OCC(C)CN(C)C)ccc21. The Labute approximate surface area is 187 Å². The van der Waals surface area contributed by atoms with Crippen LogP contribution in [0.1, 0.15) is 20.8 Å². The van der Waals surface area contributed by atoms with E-state index >= 15 is 0 Å². The Kier molecular flexibility index (Phi) is 7.84. The summed E-state index contributed by atoms with van der Waals surface area (Å²) in [6.07, 6.45) is 0. The molecule has 0 bridgehead atoms. The van der Waals surface area contributed by atoms with E-state index in [9.17, 15) is 0 Å². The number of fused-ring (bicyclic) bond motifs is 3. The fourth-order valence-corrected chi connectivity index (χ4v) is 4.41. The summed E-state index contributed by atoms with van der Waals surface area (Å²) in [5, 5.41) is 2.45. The van der Waals surface area contributed by atoms with Crippen LogP contribution in [0.2, 0.25) is 0 Å². The van der Waals surface area contributed by atoms with Crippen LogP contribution in [0.25, 0.3) is 21.8 Å². The van der Waals surface area contributed by atoms with Gasteiger partial charge in [-0.1, -0.05) is 13.8 Å². The second-order valence-corrected chi connectivity index (χ2v) is 9.46. The van der Waals surface area contributed by atoms with Crippen LogP contribution in [-0.2, 0) is 6.54 Å². The summed E-state index contributed by atoms with van der Waals surface area (Å²) in [6.45, 7) is 11.0. The Bertz CT molecular complexity index is 916. The Morgan fingerprint density at radius 2 is 1.16 bits per heavy atom. The van der Waals surface area contributed by atoms with Gasteiger partial charge >= 0.3 is 0 Å². The highest BCUT2D eigenvalue weighted by molar-refractivity contribution is 6.09. The van der Waals surface area contributed by atoms with Crippen molar-refractivity contribution in [3.63, 3.8) is 0 Å². The van der Waals surface area contributed by atoms with E-state index in [0.717, 1.165) is 31.1 Å². The molecule has 3 aromatic rings. The number of ether oxygens (including phenoxy) is 2. The highest BCUT2D eigenvalue weighted by atomic mass is 16.5. The molecule has 0 radical (unpaired) electrons. The summed E-state index contributed by atoms with van der Waals surface area (Å²) in [4.78, 5) is 4.40. The van der Waals surface area contributed by atoms with Crippen molar-refractivity contribution in [3.05, 3.63) is 36.4 Å². The maximum absolute atomic E-state index is 6.14. The van der Waals surface area contributed by atoms with Gasteiger partial charge in [0.05, 0.1) is 13.2 Å². The zero-order chi connectivity index (χ0) is 22.5. The molecule has 0 saturated heterocycles. The molecule has 2 unspecified atom stereocenters. The molecule has 5 nitrogen and oxygen atoms in total. The van der Waals surface area contributed by atoms with Gasteiger partial charge in [-0.05, 0) is 71.5 Å². The summed E-state index contributed by atoms with van der Waals surface area (Å²) in [5.41, 5.74) is 2.48. The van der Waals surface area contributed by atoms with Crippen LogP contribution in [0.4, 0.5) is 0 Å². The minimum atomic E-state index is 0.479. The molecule has 31 heavy (non-hydrogen) atoms. The van der Waals surface area contributed by atoms with Crippen molar-refractivity contribution in [1.29, 1.82) is 0 Å². The molecule has 170 valence electrons. The van der Waals surface area contributed by atoms with Gasteiger partial charge in [0, 0.05) is 53.3 Å². The first-order chi connectivity index (χ1) is 14.8. The lowest BCUT2D eigenvalue weighted by Gasteiger charge is -2.17. The minimum Gasteiger partial charge on any atom is -0.493 e. The van der Waals surface area contributed by atoms with Crippen LogP contribution in [0, 0.1) is 11.8 Å². The van der Waals surface area contributed by atoms with Gasteiger partial charge in [0.15, 0.2) is 0 Å².